The molecule has 3 N–H and O–H groups in total. The summed E-state index contributed by atoms with van der Waals surface area (Å²) < 4.78 is 17.5. The van der Waals surface area contributed by atoms with E-state index in [-0.39, 0.29) is 37.0 Å². The number of pyridine rings is 1. The third-order valence-corrected chi connectivity index (χ3v) is 8.17. The quantitative estimate of drug-likeness (QED) is 0.0375. The average Bonchev–Trinajstić information content (AvgIpc) is 3.44. The number of ether oxygens (including phenoxy) is 3. The number of anilines is 2. The van der Waals surface area contributed by atoms with Gasteiger partial charge in [-0.05, 0) is 66.9 Å². The van der Waals surface area contributed by atoms with E-state index >= 15 is 0 Å². The van der Waals surface area contributed by atoms with Crippen molar-refractivity contribution >= 4 is 52.3 Å². The van der Waals surface area contributed by atoms with E-state index in [1.807, 2.05) is 43.7 Å². The van der Waals surface area contributed by atoms with E-state index in [1.165, 1.54) is 11.8 Å². The molecular formula is C39H49N7O7. The van der Waals surface area contributed by atoms with Crippen LogP contribution < -0.4 is 16.0 Å². The minimum absolute atomic E-state index is 0.0176. The number of fused-ring (bicyclic) bond motifs is 1. The number of nitrogens with two attached hydrogens (primary N) is 1. The smallest absolute Gasteiger partial charge is 0.435 e. The van der Waals surface area contributed by atoms with Gasteiger partial charge in [-0.1, -0.05) is 46.1 Å². The van der Waals surface area contributed by atoms with Gasteiger partial charge in [0.2, 0.25) is 6.29 Å². The predicted molar refractivity (Wildman–Crippen MR) is 202 cm³/mol. The molecule has 14 nitrogen and oxygen atoms in total. The van der Waals surface area contributed by atoms with Gasteiger partial charge in [-0.25, -0.2) is 14.8 Å². The number of aliphatic imine (C=N–C) groups is 1. The summed E-state index contributed by atoms with van der Waals surface area (Å²) in [7, 11) is 1.89. The second-order valence-corrected chi connectivity index (χ2v) is 12.9. The van der Waals surface area contributed by atoms with E-state index in [1.54, 1.807) is 48.7 Å². The van der Waals surface area contributed by atoms with Gasteiger partial charge in [-0.3, -0.25) is 19.3 Å². The standard InChI is InChI=1S/C39H49N7O7/c1-6-7-8-11-22-51-39(50)44-37(40)28-13-16-30(17-14-28)42-25-34-43-31-24-29(15-18-32(31)45(34)5)38(49)46(33-12-9-10-20-41-33)21-19-35(47)52-27(4)53-36(48)23-26(2)3/h9-10,12-18,20,24,26-27,42H,6-8,11,19,21-23,25H2,1-5H3,(H2,40,44,50). The summed E-state index contributed by atoms with van der Waals surface area (Å²) in [5.41, 5.74) is 9.22. The number of nitrogens with zero attached hydrogens (tertiary/aromatic N) is 5. The Morgan fingerprint density at radius 2 is 1.68 bits per heavy atom. The van der Waals surface area contributed by atoms with Crippen molar-refractivity contribution in [1.82, 2.24) is 14.5 Å². The average molecular weight is 728 g/mol. The number of esters is 2. The molecule has 53 heavy (non-hydrogen) atoms. The number of nitrogens with one attached hydrogen (secondary N) is 1. The number of hydrogen-bond acceptors (Lipinski definition) is 10. The molecule has 0 aliphatic carbocycles. The Balaban J connectivity index is 1.39. The van der Waals surface area contributed by atoms with Gasteiger partial charge in [0.15, 0.2) is 0 Å². The molecule has 282 valence electrons. The van der Waals surface area contributed by atoms with E-state index in [0.29, 0.717) is 35.6 Å². The third-order valence-electron chi connectivity index (χ3n) is 8.17. The van der Waals surface area contributed by atoms with E-state index in [4.69, 9.17) is 24.9 Å². The monoisotopic (exact) mass is 727 g/mol. The maximum absolute atomic E-state index is 13.9. The lowest BCUT2D eigenvalue weighted by molar-refractivity contribution is -0.184. The van der Waals surface area contributed by atoms with Gasteiger partial charge in [0.05, 0.1) is 30.6 Å². The number of unbranched alkanes of at least 4 members (excludes halogenated alkanes) is 3. The van der Waals surface area contributed by atoms with Crippen LogP contribution in [0.4, 0.5) is 16.3 Å². The number of hydrogen-bond donors (Lipinski definition) is 2. The van der Waals surface area contributed by atoms with Crippen LogP contribution in [0.25, 0.3) is 11.0 Å². The van der Waals surface area contributed by atoms with Gasteiger partial charge in [0.25, 0.3) is 5.91 Å². The molecule has 2 amide bonds. The summed E-state index contributed by atoms with van der Waals surface area (Å²) >= 11 is 0. The van der Waals surface area contributed by atoms with Crippen molar-refractivity contribution in [2.24, 2.45) is 23.7 Å². The zero-order valence-electron chi connectivity index (χ0n) is 31.0. The van der Waals surface area contributed by atoms with Crippen LogP contribution in [0.15, 0.2) is 71.9 Å². The molecule has 0 bridgehead atoms. The highest BCUT2D eigenvalue weighted by atomic mass is 16.7. The van der Waals surface area contributed by atoms with E-state index in [2.05, 4.69) is 22.2 Å². The summed E-state index contributed by atoms with van der Waals surface area (Å²) in [6.07, 6.45) is 3.86. The van der Waals surface area contributed by atoms with Crippen LogP contribution in [0.1, 0.15) is 88.0 Å². The first-order chi connectivity index (χ1) is 25.4. The Hall–Kier alpha value is -5.79. The lowest BCUT2D eigenvalue weighted by atomic mass is 10.1. The van der Waals surface area contributed by atoms with Gasteiger partial charge < -0.3 is 29.8 Å². The van der Waals surface area contributed by atoms with Gasteiger partial charge in [0, 0.05) is 49.9 Å². The van der Waals surface area contributed by atoms with Crippen LogP contribution in [0, 0.1) is 5.92 Å². The minimum Gasteiger partial charge on any atom is -0.448 e. The number of rotatable bonds is 18. The van der Waals surface area contributed by atoms with Gasteiger partial charge in [-0.15, -0.1) is 0 Å². The molecule has 0 fully saturated rings. The second-order valence-electron chi connectivity index (χ2n) is 12.9. The fraction of sp³-hybridized carbons (Fsp3) is 0.410. The van der Waals surface area contributed by atoms with Crippen LogP contribution in [0.5, 0.6) is 0 Å². The highest BCUT2D eigenvalue weighted by Crippen LogP contribution is 2.22. The summed E-state index contributed by atoms with van der Waals surface area (Å²) in [4.78, 5) is 64.9. The van der Waals surface area contributed by atoms with Crippen molar-refractivity contribution in [2.45, 2.75) is 79.1 Å². The number of aryl methyl sites for hydroxylation is 1. The lowest BCUT2D eigenvalue weighted by Gasteiger charge is -2.22. The topological polar surface area (TPSA) is 180 Å². The molecule has 0 aliphatic heterocycles. The summed E-state index contributed by atoms with van der Waals surface area (Å²) in [6.45, 7) is 8.06. The van der Waals surface area contributed by atoms with Crippen LogP contribution in [0.2, 0.25) is 0 Å². The molecule has 1 unspecified atom stereocenters. The number of carbonyl (C=O) groups excluding carboxylic acids is 4. The number of amides is 2. The van der Waals surface area contributed by atoms with Crippen molar-refractivity contribution in [3.8, 4) is 0 Å². The Labute approximate surface area is 309 Å². The van der Waals surface area contributed by atoms with Crippen LogP contribution in [0.3, 0.4) is 0 Å². The van der Waals surface area contributed by atoms with Crippen molar-refractivity contribution < 1.29 is 33.4 Å². The molecule has 4 rings (SSSR count). The molecule has 0 radical (unpaired) electrons. The molecule has 2 heterocycles. The number of carbonyl (C=O) groups is 4. The van der Waals surface area contributed by atoms with E-state index < -0.39 is 24.3 Å². The molecule has 0 spiro atoms. The Bertz CT molecular complexity index is 1870. The summed E-state index contributed by atoms with van der Waals surface area (Å²) in [5, 5.41) is 3.34. The molecule has 2 aromatic heterocycles. The van der Waals surface area contributed by atoms with Crippen LogP contribution in [-0.2, 0) is 37.4 Å². The van der Waals surface area contributed by atoms with Crippen LogP contribution in [-0.4, -0.2) is 63.8 Å². The number of benzene rings is 2. The summed E-state index contributed by atoms with van der Waals surface area (Å²) in [6, 6.07) is 17.6. The SMILES string of the molecule is CCCCCCOC(=O)/N=C(/N)c1ccc(NCc2nc3cc(C(=O)N(CCC(=O)OC(C)OC(=O)CC(C)C)c4ccccn4)ccc3n2C)cc1. The van der Waals surface area contributed by atoms with Crippen LogP contribution >= 0.6 is 0 Å². The lowest BCUT2D eigenvalue weighted by Crippen LogP contribution is -2.34. The number of aromatic nitrogens is 3. The van der Waals surface area contributed by atoms with Crippen molar-refractivity contribution in [1.29, 1.82) is 0 Å². The molecule has 4 aromatic rings. The molecule has 0 saturated carbocycles. The van der Waals surface area contributed by atoms with Gasteiger partial charge in [0.1, 0.15) is 17.5 Å². The van der Waals surface area contributed by atoms with E-state index in [0.717, 1.165) is 42.7 Å². The normalized spacial score (nSPS) is 12.0. The predicted octanol–water partition coefficient (Wildman–Crippen LogP) is 6.52. The van der Waals surface area contributed by atoms with Crippen molar-refractivity contribution in [3.05, 3.63) is 83.8 Å². The third kappa shape index (κ3) is 12.2. The fourth-order valence-corrected chi connectivity index (χ4v) is 5.39. The second kappa shape index (κ2) is 19.7. The molecule has 0 aliphatic rings. The van der Waals surface area contributed by atoms with Crippen molar-refractivity contribution in [3.63, 3.8) is 0 Å². The molecule has 2 aromatic carbocycles. The van der Waals surface area contributed by atoms with Crippen molar-refractivity contribution in [2.75, 3.05) is 23.4 Å². The number of amidine groups is 1. The van der Waals surface area contributed by atoms with E-state index in [9.17, 15) is 19.2 Å². The molecule has 1 atom stereocenters. The molecule has 14 heteroatoms. The maximum atomic E-state index is 13.9. The highest BCUT2D eigenvalue weighted by molar-refractivity contribution is 6.07. The molecular weight excluding hydrogens is 678 g/mol. The Morgan fingerprint density at radius 3 is 2.38 bits per heavy atom. The zero-order chi connectivity index (χ0) is 38.3. The first kappa shape index (κ1) is 40.0. The first-order valence-corrected chi connectivity index (χ1v) is 17.9. The van der Waals surface area contributed by atoms with Gasteiger partial charge in [-0.2, -0.15) is 4.99 Å². The minimum atomic E-state index is -1.05. The number of imidazole rings is 1. The first-order valence-electron chi connectivity index (χ1n) is 17.9. The zero-order valence-corrected chi connectivity index (χ0v) is 31.0. The highest BCUT2D eigenvalue weighted by Gasteiger charge is 2.23. The fourth-order valence-electron chi connectivity index (χ4n) is 5.39. The van der Waals surface area contributed by atoms with Gasteiger partial charge >= 0.3 is 18.0 Å². The maximum Gasteiger partial charge on any atom is 0.435 e. The molecule has 0 saturated heterocycles. The Morgan fingerprint density at radius 1 is 0.943 bits per heavy atom. The largest absolute Gasteiger partial charge is 0.448 e. The summed E-state index contributed by atoms with van der Waals surface area (Å²) in [5.74, 6) is -0.174. The Kier molecular flexibility index (Phi) is 14.9.